The van der Waals surface area contributed by atoms with Gasteiger partial charge in [0.25, 0.3) is 0 Å². The molecule has 0 bridgehead atoms. The van der Waals surface area contributed by atoms with Crippen LogP contribution in [0.1, 0.15) is 35.9 Å². The molecule has 0 atom stereocenters. The number of carbonyl (C=O) groups excluding carboxylic acids is 2. The average Bonchev–Trinajstić information content (AvgIpc) is 3.01. The molecule has 3 aromatic rings. The minimum atomic E-state index is -0.580. The van der Waals surface area contributed by atoms with Crippen LogP contribution in [0, 0.1) is 0 Å². The third-order valence-corrected chi connectivity index (χ3v) is 4.03. The number of rotatable bonds is 7. The Morgan fingerprint density at radius 1 is 1.04 bits per heavy atom. The molecule has 0 spiro atoms. The van der Waals surface area contributed by atoms with Crippen LogP contribution < -0.4 is 5.32 Å². The van der Waals surface area contributed by atoms with E-state index in [2.05, 4.69) is 5.32 Å². The number of fused-ring (bicyclic) bond motifs is 1. The molecule has 0 radical (unpaired) electrons. The lowest BCUT2D eigenvalue weighted by Crippen LogP contribution is -2.14. The second-order valence-electron chi connectivity index (χ2n) is 5.91. The zero-order valence-corrected chi connectivity index (χ0v) is 14.7. The fraction of sp³-hybridized carbons (Fsp3) is 0.238. The number of aryl methyl sites for hydroxylation is 1. The Morgan fingerprint density at radius 2 is 1.77 bits per heavy atom. The fourth-order valence-electron chi connectivity index (χ4n) is 2.81. The highest BCUT2D eigenvalue weighted by molar-refractivity contribution is 6.09. The molecule has 5 nitrogen and oxygen atoms in total. The molecule has 0 aliphatic carbocycles. The van der Waals surface area contributed by atoms with Gasteiger partial charge in [0.2, 0.25) is 11.7 Å². The van der Waals surface area contributed by atoms with Crippen molar-refractivity contribution in [1.82, 2.24) is 0 Å². The number of carbonyl (C=O) groups is 2. The number of esters is 1. The molecular weight excluding hydrogens is 330 g/mol. The first-order valence-electron chi connectivity index (χ1n) is 8.71. The molecule has 26 heavy (non-hydrogen) atoms. The highest BCUT2D eigenvalue weighted by Crippen LogP contribution is 2.31. The number of benzene rings is 2. The van der Waals surface area contributed by atoms with E-state index in [1.165, 1.54) is 5.56 Å². The highest BCUT2D eigenvalue weighted by Gasteiger charge is 2.23. The average molecular weight is 351 g/mol. The van der Waals surface area contributed by atoms with Gasteiger partial charge in [-0.25, -0.2) is 4.79 Å². The standard InChI is InChI=1S/C21H21NO4/c1-2-25-21(24)20-19(16-12-6-7-13-17(16)26-20)22-18(23)14-8-11-15-9-4-3-5-10-15/h3-7,9-10,12-13H,2,8,11,14H2,1H3,(H,22,23). The molecule has 0 saturated heterocycles. The van der Waals surface area contributed by atoms with Crippen LogP contribution in [0.25, 0.3) is 11.0 Å². The molecule has 0 aliphatic rings. The summed E-state index contributed by atoms with van der Waals surface area (Å²) in [6.45, 7) is 1.96. The van der Waals surface area contributed by atoms with Crippen molar-refractivity contribution in [2.75, 3.05) is 11.9 Å². The molecule has 134 valence electrons. The number of nitrogens with one attached hydrogen (secondary N) is 1. The molecular formula is C21H21NO4. The van der Waals surface area contributed by atoms with Crippen molar-refractivity contribution in [2.45, 2.75) is 26.2 Å². The summed E-state index contributed by atoms with van der Waals surface area (Å²) in [5, 5.41) is 3.51. The smallest absolute Gasteiger partial charge is 0.376 e. The van der Waals surface area contributed by atoms with Gasteiger partial charge in [-0.15, -0.1) is 0 Å². The van der Waals surface area contributed by atoms with Gasteiger partial charge in [0.15, 0.2) is 0 Å². The van der Waals surface area contributed by atoms with E-state index in [1.54, 1.807) is 19.1 Å². The van der Waals surface area contributed by atoms with Gasteiger partial charge in [-0.3, -0.25) is 4.79 Å². The number of anilines is 1. The van der Waals surface area contributed by atoms with Gasteiger partial charge in [-0.05, 0) is 37.5 Å². The molecule has 5 heteroatoms. The second-order valence-corrected chi connectivity index (χ2v) is 5.91. The SMILES string of the molecule is CCOC(=O)c1oc2ccccc2c1NC(=O)CCCc1ccccc1. The van der Waals surface area contributed by atoms with Crippen LogP contribution in [0.4, 0.5) is 5.69 Å². The number of furan rings is 1. The Hall–Kier alpha value is -3.08. The zero-order valence-electron chi connectivity index (χ0n) is 14.7. The number of amides is 1. The van der Waals surface area contributed by atoms with Crippen LogP contribution >= 0.6 is 0 Å². The summed E-state index contributed by atoms with van der Waals surface area (Å²) in [7, 11) is 0. The molecule has 1 aromatic heterocycles. The topological polar surface area (TPSA) is 68.5 Å². The third kappa shape index (κ3) is 4.11. The summed E-state index contributed by atoms with van der Waals surface area (Å²) in [5.41, 5.74) is 2.11. The number of hydrogen-bond donors (Lipinski definition) is 1. The first-order valence-corrected chi connectivity index (χ1v) is 8.71. The fourth-order valence-corrected chi connectivity index (χ4v) is 2.81. The minimum Gasteiger partial charge on any atom is -0.460 e. The molecule has 1 heterocycles. The number of hydrogen-bond acceptors (Lipinski definition) is 4. The van der Waals surface area contributed by atoms with Crippen LogP contribution in [-0.4, -0.2) is 18.5 Å². The van der Waals surface area contributed by atoms with E-state index < -0.39 is 5.97 Å². The van der Waals surface area contributed by atoms with E-state index in [0.717, 1.165) is 12.8 Å². The van der Waals surface area contributed by atoms with Gasteiger partial charge in [-0.2, -0.15) is 0 Å². The predicted octanol–water partition coefficient (Wildman–Crippen LogP) is 4.57. The summed E-state index contributed by atoms with van der Waals surface area (Å²) < 4.78 is 10.6. The van der Waals surface area contributed by atoms with Crippen LogP contribution in [0.2, 0.25) is 0 Å². The first-order chi connectivity index (χ1) is 12.7. The van der Waals surface area contributed by atoms with Crippen molar-refractivity contribution in [1.29, 1.82) is 0 Å². The van der Waals surface area contributed by atoms with Gasteiger partial charge >= 0.3 is 5.97 Å². The first kappa shape index (κ1) is 17.7. The molecule has 1 amide bonds. The Balaban J connectivity index is 1.71. The summed E-state index contributed by atoms with van der Waals surface area (Å²) in [5.74, 6) is -0.703. The summed E-state index contributed by atoms with van der Waals surface area (Å²) >= 11 is 0. The van der Waals surface area contributed by atoms with E-state index in [0.29, 0.717) is 23.1 Å². The van der Waals surface area contributed by atoms with Crippen molar-refractivity contribution in [3.8, 4) is 0 Å². The summed E-state index contributed by atoms with van der Waals surface area (Å²) in [6, 6.07) is 17.2. The van der Waals surface area contributed by atoms with E-state index in [-0.39, 0.29) is 18.3 Å². The minimum absolute atomic E-state index is 0.0319. The zero-order chi connectivity index (χ0) is 18.4. The van der Waals surface area contributed by atoms with Crippen LogP contribution in [0.15, 0.2) is 59.0 Å². The maximum atomic E-state index is 12.4. The lowest BCUT2D eigenvalue weighted by Gasteiger charge is -2.06. The van der Waals surface area contributed by atoms with Crippen LogP contribution in [0.3, 0.4) is 0 Å². The van der Waals surface area contributed by atoms with Gasteiger partial charge in [-0.1, -0.05) is 42.5 Å². The Bertz CT molecular complexity index is 899. The molecule has 0 saturated carbocycles. The summed E-state index contributed by atoms with van der Waals surface area (Å²) in [4.78, 5) is 24.5. The highest BCUT2D eigenvalue weighted by atomic mass is 16.5. The maximum Gasteiger partial charge on any atom is 0.376 e. The third-order valence-electron chi connectivity index (χ3n) is 4.03. The van der Waals surface area contributed by atoms with Gasteiger partial charge in [0, 0.05) is 11.8 Å². The van der Waals surface area contributed by atoms with E-state index in [9.17, 15) is 9.59 Å². The molecule has 0 aliphatic heterocycles. The van der Waals surface area contributed by atoms with Gasteiger partial charge in [0.1, 0.15) is 11.3 Å². The maximum absolute atomic E-state index is 12.4. The second kappa shape index (κ2) is 8.34. The molecule has 0 fully saturated rings. The summed E-state index contributed by atoms with van der Waals surface area (Å²) in [6.07, 6.45) is 1.90. The number of para-hydroxylation sites is 1. The largest absolute Gasteiger partial charge is 0.460 e. The van der Waals surface area contributed by atoms with Crippen molar-refractivity contribution < 1.29 is 18.7 Å². The molecule has 1 N–H and O–H groups in total. The van der Waals surface area contributed by atoms with Crippen LogP contribution in [-0.2, 0) is 16.0 Å². The Labute approximate surface area is 152 Å². The monoisotopic (exact) mass is 351 g/mol. The Kier molecular flexibility index (Phi) is 5.69. The van der Waals surface area contributed by atoms with Crippen molar-refractivity contribution in [3.63, 3.8) is 0 Å². The molecule has 0 unspecified atom stereocenters. The van der Waals surface area contributed by atoms with Crippen molar-refractivity contribution in [3.05, 3.63) is 65.9 Å². The van der Waals surface area contributed by atoms with Gasteiger partial charge < -0.3 is 14.5 Å². The van der Waals surface area contributed by atoms with E-state index in [4.69, 9.17) is 9.15 Å². The van der Waals surface area contributed by atoms with Crippen LogP contribution in [0.5, 0.6) is 0 Å². The van der Waals surface area contributed by atoms with Crippen molar-refractivity contribution >= 4 is 28.5 Å². The lowest BCUT2D eigenvalue weighted by molar-refractivity contribution is -0.116. The normalized spacial score (nSPS) is 10.7. The molecule has 3 rings (SSSR count). The van der Waals surface area contributed by atoms with Gasteiger partial charge in [0.05, 0.1) is 6.61 Å². The van der Waals surface area contributed by atoms with Crippen molar-refractivity contribution in [2.24, 2.45) is 0 Å². The Morgan fingerprint density at radius 3 is 2.54 bits per heavy atom. The number of ether oxygens (including phenoxy) is 1. The predicted molar refractivity (Wildman–Crippen MR) is 100 cm³/mol. The van der Waals surface area contributed by atoms with E-state index in [1.807, 2.05) is 42.5 Å². The molecule has 2 aromatic carbocycles. The quantitative estimate of drug-likeness (QED) is 0.633. The lowest BCUT2D eigenvalue weighted by atomic mass is 10.1. The van der Waals surface area contributed by atoms with E-state index >= 15 is 0 Å².